The summed E-state index contributed by atoms with van der Waals surface area (Å²) in [6.07, 6.45) is 1.93. The molecule has 1 N–H and O–H groups in total. The molecule has 1 aliphatic rings. The number of hydrogen-bond acceptors (Lipinski definition) is 5. The first-order valence-corrected chi connectivity index (χ1v) is 8.37. The summed E-state index contributed by atoms with van der Waals surface area (Å²) in [5, 5.41) is 8.94. The molecule has 0 bridgehead atoms. The van der Waals surface area contributed by atoms with Gasteiger partial charge in [-0.15, -0.1) is 10.2 Å². The van der Waals surface area contributed by atoms with Gasteiger partial charge in [-0.1, -0.05) is 18.2 Å². The Bertz CT molecular complexity index is 914. The number of H-pyrrole nitrogens is 1. The normalized spacial score (nSPS) is 18.0. The number of hydrogen-bond donors (Lipinski definition) is 1. The number of rotatable bonds is 3. The lowest BCUT2D eigenvalue weighted by Crippen LogP contribution is -2.43. The lowest BCUT2D eigenvalue weighted by molar-refractivity contribution is -0.139. The van der Waals surface area contributed by atoms with Crippen LogP contribution in [0.1, 0.15) is 29.0 Å². The Labute approximate surface area is 145 Å². The second kappa shape index (κ2) is 6.33. The Morgan fingerprint density at radius 3 is 3.04 bits per heavy atom. The number of amides is 1. The van der Waals surface area contributed by atoms with Crippen LogP contribution in [0.25, 0.3) is 10.9 Å². The van der Waals surface area contributed by atoms with E-state index in [4.69, 9.17) is 9.15 Å². The monoisotopic (exact) mass is 340 g/mol. The Kier molecular flexibility index (Phi) is 4.01. The molecule has 1 amide bonds. The van der Waals surface area contributed by atoms with Crippen LogP contribution in [-0.2, 0) is 16.0 Å². The number of benzene rings is 1. The highest BCUT2D eigenvalue weighted by Gasteiger charge is 2.29. The smallest absolute Gasteiger partial charge is 0.246 e. The molecule has 7 heteroatoms. The Balaban J connectivity index is 1.49. The number of morpholine rings is 1. The fraction of sp³-hybridized carbons (Fsp3) is 0.389. The van der Waals surface area contributed by atoms with Crippen LogP contribution in [0.3, 0.4) is 0 Å². The number of carbonyl (C=O) groups is 1. The lowest BCUT2D eigenvalue weighted by atomic mass is 10.1. The van der Waals surface area contributed by atoms with Gasteiger partial charge in [0, 0.05) is 30.6 Å². The van der Waals surface area contributed by atoms with E-state index in [1.54, 1.807) is 6.92 Å². The minimum absolute atomic E-state index is 0.0759. The van der Waals surface area contributed by atoms with Crippen LogP contribution < -0.4 is 0 Å². The first kappa shape index (κ1) is 15.8. The molecule has 2 aromatic heterocycles. The zero-order valence-electron chi connectivity index (χ0n) is 14.3. The topological polar surface area (TPSA) is 84.2 Å². The molecule has 0 aliphatic carbocycles. The summed E-state index contributed by atoms with van der Waals surface area (Å²) in [6, 6.07) is 6.12. The number of aromatic amines is 1. The molecule has 7 nitrogen and oxygen atoms in total. The van der Waals surface area contributed by atoms with E-state index in [0.717, 1.165) is 16.5 Å². The molecule has 130 valence electrons. The molecule has 1 fully saturated rings. The second-order valence-electron chi connectivity index (χ2n) is 6.35. The molecule has 1 atom stereocenters. The Hall–Kier alpha value is -2.67. The Morgan fingerprint density at radius 1 is 1.36 bits per heavy atom. The van der Waals surface area contributed by atoms with Crippen molar-refractivity contribution in [3.8, 4) is 0 Å². The quantitative estimate of drug-likeness (QED) is 0.791. The van der Waals surface area contributed by atoms with Gasteiger partial charge in [-0.25, -0.2) is 0 Å². The van der Waals surface area contributed by atoms with E-state index in [1.807, 2.05) is 23.2 Å². The number of nitrogens with one attached hydrogen (secondary N) is 1. The van der Waals surface area contributed by atoms with Crippen molar-refractivity contribution in [2.75, 3.05) is 19.7 Å². The van der Waals surface area contributed by atoms with E-state index in [2.05, 4.69) is 28.2 Å². The SMILES string of the molecule is Cc1nnc(C2CN(C(=O)Cc3c[nH]c4c(C)cccc34)CCO2)o1. The van der Waals surface area contributed by atoms with Gasteiger partial charge in [0.15, 0.2) is 6.10 Å². The summed E-state index contributed by atoms with van der Waals surface area (Å²) in [6.45, 7) is 5.27. The molecule has 3 heterocycles. The van der Waals surface area contributed by atoms with Crippen molar-refractivity contribution in [2.45, 2.75) is 26.4 Å². The predicted octanol–water partition coefficient (Wildman–Crippen LogP) is 2.31. The maximum absolute atomic E-state index is 12.8. The van der Waals surface area contributed by atoms with E-state index < -0.39 is 0 Å². The molecule has 4 rings (SSSR count). The fourth-order valence-electron chi connectivity index (χ4n) is 3.25. The molecular weight excluding hydrogens is 320 g/mol. The van der Waals surface area contributed by atoms with Crippen LogP contribution in [0.2, 0.25) is 0 Å². The van der Waals surface area contributed by atoms with Gasteiger partial charge in [-0.3, -0.25) is 4.79 Å². The van der Waals surface area contributed by atoms with Gasteiger partial charge in [-0.05, 0) is 18.1 Å². The average molecular weight is 340 g/mol. The van der Waals surface area contributed by atoms with Crippen molar-refractivity contribution in [3.05, 3.63) is 47.3 Å². The summed E-state index contributed by atoms with van der Waals surface area (Å²) in [5.41, 5.74) is 3.28. The third-order valence-corrected chi connectivity index (χ3v) is 4.59. The highest BCUT2D eigenvalue weighted by molar-refractivity contribution is 5.90. The molecule has 1 unspecified atom stereocenters. The number of ether oxygens (including phenoxy) is 1. The third kappa shape index (κ3) is 3.02. The highest BCUT2D eigenvalue weighted by atomic mass is 16.5. The largest absolute Gasteiger partial charge is 0.423 e. The summed E-state index contributed by atoms with van der Waals surface area (Å²) in [4.78, 5) is 17.8. The van der Waals surface area contributed by atoms with Gasteiger partial charge in [0.25, 0.3) is 0 Å². The van der Waals surface area contributed by atoms with Crippen molar-refractivity contribution in [3.63, 3.8) is 0 Å². The van der Waals surface area contributed by atoms with E-state index >= 15 is 0 Å². The summed E-state index contributed by atoms with van der Waals surface area (Å²) in [7, 11) is 0. The van der Waals surface area contributed by atoms with Crippen molar-refractivity contribution in [1.29, 1.82) is 0 Å². The second-order valence-corrected chi connectivity index (χ2v) is 6.35. The molecule has 3 aromatic rings. The number of aromatic nitrogens is 3. The van der Waals surface area contributed by atoms with Crippen LogP contribution in [0.5, 0.6) is 0 Å². The van der Waals surface area contributed by atoms with Crippen molar-refractivity contribution in [2.24, 2.45) is 0 Å². The number of aryl methyl sites for hydroxylation is 2. The minimum atomic E-state index is -0.357. The maximum Gasteiger partial charge on any atom is 0.246 e. The number of carbonyl (C=O) groups excluding carboxylic acids is 1. The predicted molar refractivity (Wildman–Crippen MR) is 91.0 cm³/mol. The van der Waals surface area contributed by atoms with Gasteiger partial charge in [-0.2, -0.15) is 0 Å². The van der Waals surface area contributed by atoms with E-state index in [1.165, 1.54) is 5.56 Å². The average Bonchev–Trinajstić information content (AvgIpc) is 3.23. The molecule has 1 saturated heterocycles. The first-order valence-electron chi connectivity index (χ1n) is 8.37. The molecule has 25 heavy (non-hydrogen) atoms. The molecule has 0 saturated carbocycles. The van der Waals surface area contributed by atoms with Crippen LogP contribution in [0.4, 0.5) is 0 Å². The van der Waals surface area contributed by atoms with Crippen molar-refractivity contribution >= 4 is 16.8 Å². The summed E-state index contributed by atoms with van der Waals surface area (Å²) in [5.74, 6) is 1.00. The number of nitrogens with zero attached hydrogens (tertiary/aromatic N) is 3. The van der Waals surface area contributed by atoms with Crippen LogP contribution in [0.15, 0.2) is 28.8 Å². The zero-order valence-corrected chi connectivity index (χ0v) is 14.3. The van der Waals surface area contributed by atoms with Crippen molar-refractivity contribution < 1.29 is 13.9 Å². The zero-order chi connectivity index (χ0) is 17.4. The summed E-state index contributed by atoms with van der Waals surface area (Å²) < 4.78 is 11.1. The summed E-state index contributed by atoms with van der Waals surface area (Å²) >= 11 is 0. The minimum Gasteiger partial charge on any atom is -0.423 e. The van der Waals surface area contributed by atoms with Crippen molar-refractivity contribution in [1.82, 2.24) is 20.1 Å². The molecule has 0 spiro atoms. The molecule has 1 aromatic carbocycles. The molecule has 1 aliphatic heterocycles. The van der Waals surface area contributed by atoms with Crippen LogP contribution >= 0.6 is 0 Å². The molecular formula is C18H20N4O3. The third-order valence-electron chi connectivity index (χ3n) is 4.59. The lowest BCUT2D eigenvalue weighted by Gasteiger charge is -2.31. The number of fused-ring (bicyclic) bond motifs is 1. The fourth-order valence-corrected chi connectivity index (χ4v) is 3.25. The van der Waals surface area contributed by atoms with E-state index in [9.17, 15) is 4.79 Å². The standard InChI is InChI=1S/C18H20N4O3/c1-11-4-3-5-14-13(9-19-17(11)14)8-16(23)22-6-7-24-15(10-22)18-21-20-12(2)25-18/h3-5,9,15,19H,6-8,10H2,1-2H3. The van der Waals surface area contributed by atoms with E-state index in [-0.39, 0.29) is 12.0 Å². The first-order chi connectivity index (χ1) is 12.1. The van der Waals surface area contributed by atoms with Gasteiger partial charge in [0.1, 0.15) is 0 Å². The van der Waals surface area contributed by atoms with Crippen LogP contribution in [0, 0.1) is 13.8 Å². The number of para-hydroxylation sites is 1. The maximum atomic E-state index is 12.8. The van der Waals surface area contributed by atoms with Gasteiger partial charge in [0.05, 0.1) is 19.6 Å². The van der Waals surface area contributed by atoms with Crippen LogP contribution in [-0.4, -0.2) is 45.7 Å². The van der Waals surface area contributed by atoms with E-state index in [0.29, 0.717) is 37.9 Å². The van der Waals surface area contributed by atoms with Gasteiger partial charge in [0.2, 0.25) is 17.7 Å². The van der Waals surface area contributed by atoms with Gasteiger partial charge < -0.3 is 19.0 Å². The highest BCUT2D eigenvalue weighted by Crippen LogP contribution is 2.24. The van der Waals surface area contributed by atoms with Gasteiger partial charge >= 0.3 is 0 Å². The Morgan fingerprint density at radius 2 is 2.24 bits per heavy atom. The molecule has 0 radical (unpaired) electrons.